The van der Waals surface area contributed by atoms with Gasteiger partial charge >= 0.3 is 91.1 Å². The summed E-state index contributed by atoms with van der Waals surface area (Å²) in [6.45, 7) is 6.53. The number of hydrogen-bond acceptors (Lipinski definition) is 2. The molecule has 0 saturated carbocycles. The van der Waals surface area contributed by atoms with Crippen LogP contribution in [-0.2, 0) is 0 Å². The fourth-order valence-corrected chi connectivity index (χ4v) is 5.63. The van der Waals surface area contributed by atoms with Gasteiger partial charge in [-0.25, -0.2) is 0 Å². The van der Waals surface area contributed by atoms with Crippen LogP contribution < -0.4 is 9.05 Å². The molecule has 0 atom stereocenters. The molecule has 2 nitrogen and oxygen atoms in total. The number of hydrogen-bond donors (Lipinski definition) is 0. The Balaban J connectivity index is 2.45. The standard InChI is InChI=1S/C12H19O2P/c1-4-15(5-2,6-3)13-11-9-7-8-10-12(11)14-15/h7-10H,4-6H2,1-3H3. The van der Waals surface area contributed by atoms with E-state index in [1.54, 1.807) is 0 Å². The Bertz CT molecular complexity index is 332. The van der Waals surface area contributed by atoms with E-state index in [0.29, 0.717) is 0 Å². The van der Waals surface area contributed by atoms with Crippen LogP contribution in [0, 0.1) is 0 Å². The second-order valence-corrected chi connectivity index (χ2v) is 9.40. The van der Waals surface area contributed by atoms with Crippen LogP contribution in [0.1, 0.15) is 20.8 Å². The number of rotatable bonds is 3. The van der Waals surface area contributed by atoms with Gasteiger partial charge in [0.05, 0.1) is 0 Å². The molecule has 0 saturated heterocycles. The van der Waals surface area contributed by atoms with Gasteiger partial charge in [0.25, 0.3) is 0 Å². The molecule has 15 heavy (non-hydrogen) atoms. The zero-order valence-electron chi connectivity index (χ0n) is 9.69. The van der Waals surface area contributed by atoms with Crippen molar-refractivity contribution >= 4 is 7.06 Å². The van der Waals surface area contributed by atoms with Gasteiger partial charge in [-0.3, -0.25) is 0 Å². The van der Waals surface area contributed by atoms with Crippen molar-refractivity contribution in [3.63, 3.8) is 0 Å². The summed E-state index contributed by atoms with van der Waals surface area (Å²) in [6, 6.07) is 8.01. The topological polar surface area (TPSA) is 18.5 Å². The summed E-state index contributed by atoms with van der Waals surface area (Å²) < 4.78 is 12.5. The fourth-order valence-electron chi connectivity index (χ4n) is 2.18. The van der Waals surface area contributed by atoms with Gasteiger partial charge in [-0.15, -0.1) is 0 Å². The molecule has 0 unspecified atom stereocenters. The summed E-state index contributed by atoms with van der Waals surface area (Å²) in [5.74, 6) is 1.86. The molecule has 0 aromatic heterocycles. The van der Waals surface area contributed by atoms with Gasteiger partial charge in [-0.1, -0.05) is 0 Å². The Morgan fingerprint density at radius 2 is 1.27 bits per heavy atom. The van der Waals surface area contributed by atoms with E-state index in [1.807, 2.05) is 24.3 Å². The van der Waals surface area contributed by atoms with E-state index in [4.69, 9.17) is 9.05 Å². The summed E-state index contributed by atoms with van der Waals surface area (Å²) in [6.07, 6.45) is 2.98. The van der Waals surface area contributed by atoms with Crippen molar-refractivity contribution in [2.24, 2.45) is 0 Å². The van der Waals surface area contributed by atoms with Crippen molar-refractivity contribution in [2.75, 3.05) is 18.5 Å². The molecule has 1 aliphatic rings. The van der Waals surface area contributed by atoms with Gasteiger partial charge in [0.2, 0.25) is 0 Å². The second kappa shape index (κ2) is 3.38. The maximum absolute atomic E-state index is 6.24. The van der Waals surface area contributed by atoms with Crippen molar-refractivity contribution in [3.8, 4) is 11.5 Å². The summed E-state index contributed by atoms with van der Waals surface area (Å²) in [4.78, 5) is 0. The van der Waals surface area contributed by atoms with E-state index in [-0.39, 0.29) is 0 Å². The number of fused-ring (bicyclic) bond motifs is 1. The normalized spacial score (nSPS) is 23.0. The van der Waals surface area contributed by atoms with Crippen molar-refractivity contribution < 1.29 is 9.05 Å². The first-order chi connectivity index (χ1) is 7.17. The van der Waals surface area contributed by atoms with E-state index in [0.717, 1.165) is 30.0 Å². The predicted octanol–water partition coefficient (Wildman–Crippen LogP) is 3.90. The second-order valence-electron chi connectivity index (χ2n) is 4.10. The van der Waals surface area contributed by atoms with Crippen LogP contribution in [0.4, 0.5) is 0 Å². The van der Waals surface area contributed by atoms with Crippen LogP contribution in [0.5, 0.6) is 11.5 Å². The maximum atomic E-state index is 6.24. The average molecular weight is 226 g/mol. The SMILES string of the molecule is CCP1(CC)(CC)Oc2ccccc2O1. The molecule has 3 heteroatoms. The first kappa shape index (κ1) is 10.8. The molecule has 0 fully saturated rings. The molecule has 1 aromatic rings. The molecule has 2 rings (SSSR count). The average Bonchev–Trinajstić information content (AvgIpc) is 2.66. The Morgan fingerprint density at radius 1 is 0.867 bits per heavy atom. The molecule has 0 spiro atoms. The molecule has 0 radical (unpaired) electrons. The molecule has 1 aliphatic heterocycles. The van der Waals surface area contributed by atoms with Crippen LogP contribution in [0.3, 0.4) is 0 Å². The summed E-state index contributed by atoms with van der Waals surface area (Å²) in [7, 11) is -2.38. The molecular formula is C12H19O2P. The van der Waals surface area contributed by atoms with E-state index in [2.05, 4.69) is 20.8 Å². The van der Waals surface area contributed by atoms with Gasteiger partial charge in [0.1, 0.15) is 0 Å². The van der Waals surface area contributed by atoms with Crippen LogP contribution in [0.25, 0.3) is 0 Å². The summed E-state index contributed by atoms with van der Waals surface area (Å²) in [5.41, 5.74) is 0. The zero-order valence-corrected chi connectivity index (χ0v) is 10.6. The van der Waals surface area contributed by atoms with Crippen molar-refractivity contribution in [1.82, 2.24) is 0 Å². The minimum absolute atomic E-state index is 0.931. The summed E-state index contributed by atoms with van der Waals surface area (Å²) >= 11 is 0. The van der Waals surface area contributed by atoms with E-state index in [9.17, 15) is 0 Å². The van der Waals surface area contributed by atoms with E-state index < -0.39 is 7.06 Å². The zero-order chi connectivity index (χ0) is 11.0. The van der Waals surface area contributed by atoms with Gasteiger partial charge in [-0.05, 0) is 0 Å². The van der Waals surface area contributed by atoms with E-state index >= 15 is 0 Å². The van der Waals surface area contributed by atoms with Crippen LogP contribution in [0.15, 0.2) is 24.3 Å². The Labute approximate surface area is 91.7 Å². The fraction of sp³-hybridized carbons (Fsp3) is 0.500. The minimum atomic E-state index is -2.38. The van der Waals surface area contributed by atoms with Crippen molar-refractivity contribution in [3.05, 3.63) is 24.3 Å². The first-order valence-corrected chi connectivity index (χ1v) is 8.30. The predicted molar refractivity (Wildman–Crippen MR) is 66.2 cm³/mol. The van der Waals surface area contributed by atoms with Crippen molar-refractivity contribution in [1.29, 1.82) is 0 Å². The number of benzene rings is 1. The molecule has 0 aliphatic carbocycles. The van der Waals surface area contributed by atoms with Crippen LogP contribution in [-0.4, -0.2) is 18.5 Å². The molecule has 84 valence electrons. The molecule has 0 N–H and O–H groups in total. The molecule has 0 amide bonds. The Hall–Kier alpha value is -0.750. The van der Waals surface area contributed by atoms with Gasteiger partial charge in [0.15, 0.2) is 0 Å². The quantitative estimate of drug-likeness (QED) is 0.728. The third-order valence-corrected chi connectivity index (χ3v) is 9.17. The molecule has 1 heterocycles. The molecule has 0 bridgehead atoms. The molecular weight excluding hydrogens is 207 g/mol. The third kappa shape index (κ3) is 1.43. The van der Waals surface area contributed by atoms with Gasteiger partial charge < -0.3 is 0 Å². The Kier molecular flexibility index (Phi) is 2.42. The van der Waals surface area contributed by atoms with Gasteiger partial charge in [-0.2, -0.15) is 0 Å². The monoisotopic (exact) mass is 226 g/mol. The Morgan fingerprint density at radius 3 is 1.60 bits per heavy atom. The van der Waals surface area contributed by atoms with Crippen LogP contribution in [0.2, 0.25) is 0 Å². The molecule has 1 aromatic carbocycles. The van der Waals surface area contributed by atoms with E-state index in [1.165, 1.54) is 0 Å². The summed E-state index contributed by atoms with van der Waals surface area (Å²) in [5, 5.41) is 0. The van der Waals surface area contributed by atoms with Crippen LogP contribution >= 0.6 is 7.06 Å². The first-order valence-electron chi connectivity index (χ1n) is 5.67. The number of para-hydroxylation sites is 2. The van der Waals surface area contributed by atoms with Gasteiger partial charge in [0, 0.05) is 0 Å². The third-order valence-electron chi connectivity index (χ3n) is 3.62. The van der Waals surface area contributed by atoms with Crippen molar-refractivity contribution in [2.45, 2.75) is 20.8 Å².